The van der Waals surface area contributed by atoms with Crippen molar-refractivity contribution < 1.29 is 9.18 Å². The lowest BCUT2D eigenvalue weighted by atomic mass is 9.99. The molecule has 0 amide bonds. The molecule has 3 heteroatoms. The van der Waals surface area contributed by atoms with E-state index in [0.29, 0.717) is 0 Å². The van der Waals surface area contributed by atoms with Crippen LogP contribution >= 0.6 is 11.6 Å². The zero-order valence-electron chi connectivity index (χ0n) is 11.0. The summed E-state index contributed by atoms with van der Waals surface area (Å²) in [5.41, 5.74) is 3.60. The van der Waals surface area contributed by atoms with Crippen LogP contribution in [0.3, 0.4) is 0 Å². The van der Waals surface area contributed by atoms with Gasteiger partial charge in [0.15, 0.2) is 5.78 Å². The van der Waals surface area contributed by atoms with Gasteiger partial charge in [-0.25, -0.2) is 4.39 Å². The molecule has 0 unspecified atom stereocenters. The molecule has 0 aliphatic heterocycles. The summed E-state index contributed by atoms with van der Waals surface area (Å²) in [5, 5.41) is 0.177. The molecule has 102 valence electrons. The molecular weight excluding hydrogens is 275 g/mol. The molecule has 1 aliphatic rings. The summed E-state index contributed by atoms with van der Waals surface area (Å²) in [4.78, 5) is 12.2. The van der Waals surface area contributed by atoms with Crippen LogP contribution < -0.4 is 0 Å². The Morgan fingerprint density at radius 2 is 1.95 bits per heavy atom. The highest BCUT2D eigenvalue weighted by atomic mass is 35.5. The van der Waals surface area contributed by atoms with Crippen LogP contribution in [0.1, 0.15) is 33.5 Å². The quantitative estimate of drug-likeness (QED) is 0.766. The van der Waals surface area contributed by atoms with E-state index in [4.69, 9.17) is 11.6 Å². The average molecular weight is 289 g/mol. The molecule has 0 saturated heterocycles. The van der Waals surface area contributed by atoms with Crippen molar-refractivity contribution in [1.82, 2.24) is 0 Å². The summed E-state index contributed by atoms with van der Waals surface area (Å²) in [6.07, 6.45) is 3.54. The standard InChI is InChI=1S/C17H14ClFO/c18-14-5-2-6-15(19)17(14)16(20)10-11-7-8-12-3-1-4-13(12)9-11/h2,5-9H,1,3-4,10H2. The first kappa shape index (κ1) is 13.3. The van der Waals surface area contributed by atoms with E-state index < -0.39 is 5.82 Å². The molecule has 0 atom stereocenters. The first-order valence-electron chi connectivity index (χ1n) is 6.73. The third kappa shape index (κ3) is 2.48. The van der Waals surface area contributed by atoms with Gasteiger partial charge >= 0.3 is 0 Å². The molecule has 2 aromatic rings. The first-order chi connectivity index (χ1) is 9.65. The second-order valence-corrected chi connectivity index (χ2v) is 5.56. The van der Waals surface area contributed by atoms with E-state index in [-0.39, 0.29) is 22.8 Å². The minimum atomic E-state index is -0.552. The van der Waals surface area contributed by atoms with Gasteiger partial charge in [0.1, 0.15) is 5.82 Å². The van der Waals surface area contributed by atoms with Crippen LogP contribution in [0, 0.1) is 5.82 Å². The second-order valence-electron chi connectivity index (χ2n) is 5.15. The molecule has 0 N–H and O–H groups in total. The van der Waals surface area contributed by atoms with Crippen LogP contribution in [0.15, 0.2) is 36.4 Å². The van der Waals surface area contributed by atoms with Crippen molar-refractivity contribution in [1.29, 1.82) is 0 Å². The van der Waals surface area contributed by atoms with Crippen molar-refractivity contribution in [2.24, 2.45) is 0 Å². The minimum absolute atomic E-state index is 0.00494. The molecule has 20 heavy (non-hydrogen) atoms. The molecule has 0 fully saturated rings. The van der Waals surface area contributed by atoms with Crippen molar-refractivity contribution in [3.05, 3.63) is 69.5 Å². The summed E-state index contributed by atoms with van der Waals surface area (Å²) in [6.45, 7) is 0. The monoisotopic (exact) mass is 288 g/mol. The lowest BCUT2D eigenvalue weighted by Gasteiger charge is -2.07. The fourth-order valence-corrected chi connectivity index (χ4v) is 3.04. The van der Waals surface area contributed by atoms with Crippen LogP contribution in [0.5, 0.6) is 0 Å². The Hall–Kier alpha value is -1.67. The minimum Gasteiger partial charge on any atom is -0.294 e. The van der Waals surface area contributed by atoms with Gasteiger partial charge in [-0.15, -0.1) is 0 Å². The Bertz CT molecular complexity index is 658. The van der Waals surface area contributed by atoms with Crippen molar-refractivity contribution in [2.45, 2.75) is 25.7 Å². The third-order valence-corrected chi connectivity index (χ3v) is 4.08. The molecule has 0 radical (unpaired) electrons. The molecule has 0 spiro atoms. The number of Topliss-reactive ketones (excluding diaryl/α,β-unsaturated/α-hetero) is 1. The smallest absolute Gasteiger partial charge is 0.171 e. The second kappa shape index (κ2) is 5.37. The highest BCUT2D eigenvalue weighted by molar-refractivity contribution is 6.34. The number of hydrogen-bond donors (Lipinski definition) is 0. The van der Waals surface area contributed by atoms with Gasteiger partial charge in [0.2, 0.25) is 0 Å². The molecule has 1 nitrogen and oxygen atoms in total. The molecule has 3 rings (SSSR count). The Kier molecular flexibility index (Phi) is 3.58. The summed E-state index contributed by atoms with van der Waals surface area (Å²) in [5.74, 6) is -0.824. The molecule has 2 aromatic carbocycles. The number of hydrogen-bond acceptors (Lipinski definition) is 1. The highest BCUT2D eigenvalue weighted by Crippen LogP contribution is 2.25. The van der Waals surface area contributed by atoms with E-state index in [0.717, 1.165) is 18.4 Å². The number of rotatable bonds is 3. The Morgan fingerprint density at radius 3 is 2.75 bits per heavy atom. The van der Waals surface area contributed by atoms with Crippen LogP contribution in [0.2, 0.25) is 5.02 Å². The van der Waals surface area contributed by atoms with Crippen molar-refractivity contribution >= 4 is 17.4 Å². The van der Waals surface area contributed by atoms with Gasteiger partial charge in [-0.2, -0.15) is 0 Å². The maximum Gasteiger partial charge on any atom is 0.171 e. The summed E-state index contributed by atoms with van der Waals surface area (Å²) in [6, 6.07) is 10.4. The average Bonchev–Trinajstić information content (AvgIpc) is 2.85. The molecule has 0 heterocycles. The van der Waals surface area contributed by atoms with E-state index in [1.807, 2.05) is 6.07 Å². The lowest BCUT2D eigenvalue weighted by molar-refractivity contribution is 0.0989. The number of aryl methyl sites for hydroxylation is 2. The van der Waals surface area contributed by atoms with Crippen LogP contribution in [-0.2, 0) is 19.3 Å². The fraction of sp³-hybridized carbons (Fsp3) is 0.235. The summed E-state index contributed by atoms with van der Waals surface area (Å²) < 4.78 is 13.7. The number of carbonyl (C=O) groups excluding carboxylic acids is 1. The predicted octanol–water partition coefficient (Wildman–Crippen LogP) is 4.39. The fourth-order valence-electron chi connectivity index (χ4n) is 2.77. The Balaban J connectivity index is 1.86. The zero-order chi connectivity index (χ0) is 14.1. The molecule has 1 aliphatic carbocycles. The predicted molar refractivity (Wildman–Crippen MR) is 77.9 cm³/mol. The number of benzene rings is 2. The maximum absolute atomic E-state index is 13.7. The number of halogens is 2. The van der Waals surface area contributed by atoms with E-state index >= 15 is 0 Å². The van der Waals surface area contributed by atoms with Gasteiger partial charge < -0.3 is 0 Å². The molecule has 0 saturated carbocycles. The molecular formula is C17H14ClFO. The van der Waals surface area contributed by atoms with Crippen molar-refractivity contribution in [3.63, 3.8) is 0 Å². The van der Waals surface area contributed by atoms with Crippen molar-refractivity contribution in [3.8, 4) is 0 Å². The van der Waals surface area contributed by atoms with E-state index in [1.165, 1.54) is 29.7 Å². The van der Waals surface area contributed by atoms with Gasteiger partial charge in [0, 0.05) is 6.42 Å². The number of fused-ring (bicyclic) bond motifs is 1. The highest BCUT2D eigenvalue weighted by Gasteiger charge is 2.17. The third-order valence-electron chi connectivity index (χ3n) is 3.77. The van der Waals surface area contributed by atoms with Crippen molar-refractivity contribution in [2.75, 3.05) is 0 Å². The largest absolute Gasteiger partial charge is 0.294 e. The lowest BCUT2D eigenvalue weighted by Crippen LogP contribution is -2.07. The van der Waals surface area contributed by atoms with Gasteiger partial charge in [0.05, 0.1) is 10.6 Å². The van der Waals surface area contributed by atoms with Gasteiger partial charge in [-0.3, -0.25) is 4.79 Å². The van der Waals surface area contributed by atoms with Crippen LogP contribution in [0.4, 0.5) is 4.39 Å². The number of carbonyl (C=O) groups is 1. The summed E-state index contributed by atoms with van der Waals surface area (Å²) in [7, 11) is 0. The SMILES string of the molecule is O=C(Cc1ccc2c(c1)CCC2)c1c(F)cccc1Cl. The molecule has 0 bridgehead atoms. The summed E-state index contributed by atoms with van der Waals surface area (Å²) >= 11 is 5.92. The zero-order valence-corrected chi connectivity index (χ0v) is 11.7. The van der Waals surface area contributed by atoms with Gasteiger partial charge in [0.25, 0.3) is 0 Å². The van der Waals surface area contributed by atoms with Crippen LogP contribution in [0.25, 0.3) is 0 Å². The Labute approximate surface area is 122 Å². The van der Waals surface area contributed by atoms with Crippen LogP contribution in [-0.4, -0.2) is 5.78 Å². The van der Waals surface area contributed by atoms with Gasteiger partial charge in [-0.05, 0) is 48.1 Å². The normalized spacial score (nSPS) is 13.3. The first-order valence-corrected chi connectivity index (χ1v) is 7.11. The molecule has 0 aromatic heterocycles. The number of ketones is 1. The van der Waals surface area contributed by atoms with E-state index in [2.05, 4.69) is 12.1 Å². The van der Waals surface area contributed by atoms with E-state index in [1.54, 1.807) is 6.07 Å². The Morgan fingerprint density at radius 1 is 1.15 bits per heavy atom. The maximum atomic E-state index is 13.7. The van der Waals surface area contributed by atoms with Gasteiger partial charge in [-0.1, -0.05) is 35.9 Å². The topological polar surface area (TPSA) is 17.1 Å². The van der Waals surface area contributed by atoms with E-state index in [9.17, 15) is 9.18 Å².